The first-order valence-electron chi connectivity index (χ1n) is 7.89. The number of carbonyl (C=O) groups is 1. The van der Waals surface area contributed by atoms with Crippen molar-refractivity contribution in [2.24, 2.45) is 7.05 Å². The monoisotopic (exact) mass is 349 g/mol. The zero-order valence-electron chi connectivity index (χ0n) is 13.7. The Morgan fingerprint density at radius 3 is 3.04 bits per heavy atom. The summed E-state index contributed by atoms with van der Waals surface area (Å²) < 4.78 is 12.8. The van der Waals surface area contributed by atoms with Gasteiger partial charge in [-0.1, -0.05) is 17.7 Å². The van der Waals surface area contributed by atoms with Gasteiger partial charge in [-0.2, -0.15) is 5.10 Å². The maximum Gasteiger partial charge on any atom is 0.260 e. The number of hydrogen-bond acceptors (Lipinski definition) is 4. The van der Waals surface area contributed by atoms with E-state index in [4.69, 9.17) is 21.1 Å². The lowest BCUT2D eigenvalue weighted by Gasteiger charge is -2.12. The molecule has 0 aliphatic carbocycles. The Kier molecular flexibility index (Phi) is 5.06. The number of aryl methyl sites for hydroxylation is 2. The molecule has 2 aromatic rings. The summed E-state index contributed by atoms with van der Waals surface area (Å²) >= 11 is 6.13. The molecule has 0 saturated carbocycles. The Morgan fingerprint density at radius 2 is 2.38 bits per heavy atom. The predicted octanol–water partition coefficient (Wildman–Crippen LogP) is 3.19. The van der Waals surface area contributed by atoms with Crippen LogP contribution in [0.2, 0.25) is 5.15 Å². The molecule has 1 aromatic heterocycles. The summed E-state index contributed by atoms with van der Waals surface area (Å²) in [6, 6.07) is 7.27. The number of anilines is 1. The van der Waals surface area contributed by atoms with E-state index in [-0.39, 0.29) is 12.0 Å². The molecule has 1 aliphatic heterocycles. The maximum atomic E-state index is 12.4. The number of halogens is 1. The molecular weight excluding hydrogens is 330 g/mol. The lowest BCUT2D eigenvalue weighted by atomic mass is 10.2. The summed E-state index contributed by atoms with van der Waals surface area (Å²) in [5, 5.41) is 7.30. The van der Waals surface area contributed by atoms with Gasteiger partial charge in [0.15, 0.2) is 0 Å². The number of hydrogen-bond donors (Lipinski definition) is 1. The van der Waals surface area contributed by atoms with E-state index >= 15 is 0 Å². The van der Waals surface area contributed by atoms with Crippen LogP contribution in [0.5, 0.6) is 5.75 Å². The van der Waals surface area contributed by atoms with Gasteiger partial charge in [-0.3, -0.25) is 9.48 Å². The van der Waals surface area contributed by atoms with Crippen LogP contribution in [0.1, 0.15) is 28.9 Å². The first kappa shape index (κ1) is 16.8. The van der Waals surface area contributed by atoms with Crippen LogP contribution in [-0.4, -0.2) is 35.0 Å². The van der Waals surface area contributed by atoms with E-state index in [9.17, 15) is 4.79 Å². The van der Waals surface area contributed by atoms with Crippen LogP contribution in [0.4, 0.5) is 5.69 Å². The SMILES string of the molecule is Cc1nn(C)c(Cl)c1C(=O)Nc1cccc(OCC2CCCO2)c1. The fraction of sp³-hybridized carbons (Fsp3) is 0.412. The number of benzene rings is 1. The largest absolute Gasteiger partial charge is 0.491 e. The second-order valence-corrected chi connectivity index (χ2v) is 6.16. The Balaban J connectivity index is 1.66. The second-order valence-electron chi connectivity index (χ2n) is 5.80. The molecule has 1 saturated heterocycles. The van der Waals surface area contributed by atoms with E-state index in [0.29, 0.717) is 34.5 Å². The van der Waals surface area contributed by atoms with Gasteiger partial charge in [0, 0.05) is 25.4 Å². The molecule has 2 heterocycles. The molecule has 1 amide bonds. The van der Waals surface area contributed by atoms with E-state index in [1.807, 2.05) is 12.1 Å². The predicted molar refractivity (Wildman–Crippen MR) is 91.8 cm³/mol. The van der Waals surface area contributed by atoms with Crippen LogP contribution in [-0.2, 0) is 11.8 Å². The third kappa shape index (κ3) is 3.71. The van der Waals surface area contributed by atoms with Gasteiger partial charge in [-0.05, 0) is 31.9 Å². The van der Waals surface area contributed by atoms with Crippen molar-refractivity contribution in [3.8, 4) is 5.75 Å². The molecule has 0 spiro atoms. The summed E-state index contributed by atoms with van der Waals surface area (Å²) in [6.45, 7) is 3.07. The molecule has 3 rings (SSSR count). The van der Waals surface area contributed by atoms with Crippen LogP contribution in [0.3, 0.4) is 0 Å². The molecule has 1 atom stereocenters. The van der Waals surface area contributed by atoms with Crippen molar-refractivity contribution in [1.82, 2.24) is 9.78 Å². The first-order valence-corrected chi connectivity index (χ1v) is 8.27. The Morgan fingerprint density at radius 1 is 1.54 bits per heavy atom. The molecule has 1 fully saturated rings. The minimum atomic E-state index is -0.290. The van der Waals surface area contributed by atoms with Crippen molar-refractivity contribution in [3.05, 3.63) is 40.7 Å². The molecule has 128 valence electrons. The van der Waals surface area contributed by atoms with Crippen LogP contribution < -0.4 is 10.1 Å². The molecule has 7 heteroatoms. The Hall–Kier alpha value is -2.05. The van der Waals surface area contributed by atoms with Crippen LogP contribution in [0.25, 0.3) is 0 Å². The van der Waals surface area contributed by atoms with Crippen molar-refractivity contribution in [1.29, 1.82) is 0 Å². The highest BCUT2D eigenvalue weighted by Crippen LogP contribution is 2.23. The number of amides is 1. The fourth-order valence-corrected chi connectivity index (χ4v) is 2.97. The average molecular weight is 350 g/mol. The highest BCUT2D eigenvalue weighted by atomic mass is 35.5. The zero-order chi connectivity index (χ0) is 17.1. The van der Waals surface area contributed by atoms with Crippen LogP contribution in [0, 0.1) is 6.92 Å². The third-order valence-electron chi connectivity index (χ3n) is 3.93. The zero-order valence-corrected chi connectivity index (χ0v) is 14.5. The molecule has 1 N–H and O–H groups in total. The summed E-state index contributed by atoms with van der Waals surface area (Å²) in [5.41, 5.74) is 1.61. The summed E-state index contributed by atoms with van der Waals surface area (Å²) in [7, 11) is 1.70. The average Bonchev–Trinajstić information content (AvgIpc) is 3.14. The van der Waals surface area contributed by atoms with Gasteiger partial charge >= 0.3 is 0 Å². The minimum absolute atomic E-state index is 0.153. The molecule has 1 aliphatic rings. The Bertz CT molecular complexity index is 739. The topological polar surface area (TPSA) is 65.4 Å². The number of aromatic nitrogens is 2. The number of ether oxygens (including phenoxy) is 2. The third-order valence-corrected chi connectivity index (χ3v) is 4.36. The van der Waals surface area contributed by atoms with Gasteiger partial charge in [0.1, 0.15) is 17.5 Å². The second kappa shape index (κ2) is 7.23. The van der Waals surface area contributed by atoms with Gasteiger partial charge in [0.2, 0.25) is 0 Å². The van der Waals surface area contributed by atoms with Gasteiger partial charge < -0.3 is 14.8 Å². The maximum absolute atomic E-state index is 12.4. The molecule has 0 bridgehead atoms. The smallest absolute Gasteiger partial charge is 0.260 e. The molecule has 1 aromatic carbocycles. The van der Waals surface area contributed by atoms with Crippen LogP contribution >= 0.6 is 11.6 Å². The van der Waals surface area contributed by atoms with Crippen molar-refractivity contribution >= 4 is 23.2 Å². The van der Waals surface area contributed by atoms with Crippen molar-refractivity contribution < 1.29 is 14.3 Å². The lowest BCUT2D eigenvalue weighted by Crippen LogP contribution is -2.16. The Labute approximate surface area is 145 Å². The number of carbonyl (C=O) groups excluding carboxylic acids is 1. The van der Waals surface area contributed by atoms with E-state index in [1.54, 1.807) is 26.1 Å². The standard InChI is InChI=1S/C17H20ClN3O3/c1-11-15(16(18)21(2)20-11)17(22)19-12-5-3-6-13(9-12)24-10-14-7-4-8-23-14/h3,5-6,9,14H,4,7-8,10H2,1-2H3,(H,19,22). The molecule has 6 nitrogen and oxygen atoms in total. The quantitative estimate of drug-likeness (QED) is 0.900. The van der Waals surface area contributed by atoms with E-state index in [2.05, 4.69) is 10.4 Å². The van der Waals surface area contributed by atoms with Crippen molar-refractivity contribution in [3.63, 3.8) is 0 Å². The number of rotatable bonds is 5. The van der Waals surface area contributed by atoms with Gasteiger partial charge in [0.25, 0.3) is 5.91 Å². The highest BCUT2D eigenvalue weighted by molar-refractivity contribution is 6.33. The van der Waals surface area contributed by atoms with Crippen molar-refractivity contribution in [2.45, 2.75) is 25.9 Å². The first-order chi connectivity index (χ1) is 11.5. The van der Waals surface area contributed by atoms with E-state index in [1.165, 1.54) is 4.68 Å². The molecule has 24 heavy (non-hydrogen) atoms. The van der Waals surface area contributed by atoms with Crippen molar-refractivity contribution in [2.75, 3.05) is 18.5 Å². The number of nitrogens with one attached hydrogen (secondary N) is 1. The van der Waals surface area contributed by atoms with E-state index < -0.39 is 0 Å². The molecular formula is C17H20ClN3O3. The van der Waals surface area contributed by atoms with E-state index in [0.717, 1.165) is 19.4 Å². The van der Waals surface area contributed by atoms with Gasteiger partial charge in [0.05, 0.1) is 17.4 Å². The minimum Gasteiger partial charge on any atom is -0.491 e. The normalized spacial score (nSPS) is 17.0. The molecule has 0 radical (unpaired) electrons. The summed E-state index contributed by atoms with van der Waals surface area (Å²) in [4.78, 5) is 12.4. The van der Waals surface area contributed by atoms with Gasteiger partial charge in [-0.15, -0.1) is 0 Å². The summed E-state index contributed by atoms with van der Waals surface area (Å²) in [6.07, 6.45) is 2.25. The fourth-order valence-electron chi connectivity index (χ4n) is 2.71. The lowest BCUT2D eigenvalue weighted by molar-refractivity contribution is 0.0680. The van der Waals surface area contributed by atoms with Gasteiger partial charge in [-0.25, -0.2) is 0 Å². The molecule has 1 unspecified atom stereocenters. The number of nitrogens with zero attached hydrogens (tertiary/aromatic N) is 2. The summed E-state index contributed by atoms with van der Waals surface area (Å²) in [5.74, 6) is 0.402. The van der Waals surface area contributed by atoms with Crippen LogP contribution in [0.15, 0.2) is 24.3 Å². The highest BCUT2D eigenvalue weighted by Gasteiger charge is 2.19.